The van der Waals surface area contributed by atoms with Crippen molar-refractivity contribution < 1.29 is 0 Å². The highest BCUT2D eigenvalue weighted by Crippen LogP contribution is 2.40. The Morgan fingerprint density at radius 3 is 2.87 bits per heavy atom. The number of aryl methyl sites for hydroxylation is 2. The van der Waals surface area contributed by atoms with Gasteiger partial charge in [0.15, 0.2) is 0 Å². The largest absolute Gasteiger partial charge is 0.149 e. The first-order chi connectivity index (χ1) is 7.36. The lowest BCUT2D eigenvalue weighted by Gasteiger charge is -2.10. The fraction of sp³-hybridized carbons (Fsp3) is 0.231. The number of fused-ring (bicyclic) bond motifs is 2. The van der Waals surface area contributed by atoms with E-state index < -0.39 is 0 Å². The Morgan fingerprint density at radius 1 is 1.07 bits per heavy atom. The van der Waals surface area contributed by atoms with Gasteiger partial charge in [-0.3, -0.25) is 0 Å². The van der Waals surface area contributed by atoms with Crippen molar-refractivity contribution in [2.75, 3.05) is 0 Å². The number of halogens is 1. The smallest absolute Gasteiger partial charge is 0.0658 e. The van der Waals surface area contributed by atoms with Gasteiger partial charge in [0, 0.05) is 4.88 Å². The molecule has 2 aromatic rings. The van der Waals surface area contributed by atoms with Crippen LogP contribution in [0.4, 0.5) is 0 Å². The highest BCUT2D eigenvalue weighted by atomic mass is 79.9. The molecule has 1 aromatic carbocycles. The third kappa shape index (κ3) is 1.56. The van der Waals surface area contributed by atoms with Gasteiger partial charge in [0.2, 0.25) is 0 Å². The van der Waals surface area contributed by atoms with Crippen molar-refractivity contribution in [1.29, 1.82) is 0 Å². The van der Waals surface area contributed by atoms with Crippen LogP contribution in [0.3, 0.4) is 0 Å². The van der Waals surface area contributed by atoms with Crippen molar-refractivity contribution in [3.8, 4) is 0 Å². The quantitative estimate of drug-likeness (QED) is 0.630. The molecule has 3 rings (SSSR count). The zero-order chi connectivity index (χ0) is 10.3. The predicted octanol–water partition coefficient (Wildman–Crippen LogP) is 4.33. The van der Waals surface area contributed by atoms with Gasteiger partial charge in [-0.15, -0.1) is 11.3 Å². The molecule has 0 amide bonds. The second kappa shape index (κ2) is 3.76. The van der Waals surface area contributed by atoms with Crippen molar-refractivity contribution in [1.82, 2.24) is 0 Å². The summed E-state index contributed by atoms with van der Waals surface area (Å²) in [6, 6.07) is 11.0. The van der Waals surface area contributed by atoms with Gasteiger partial charge in [0.1, 0.15) is 0 Å². The van der Waals surface area contributed by atoms with E-state index >= 15 is 0 Å². The van der Waals surface area contributed by atoms with Crippen LogP contribution >= 0.6 is 27.3 Å². The standard InChI is InChI=1S/C13H11BrS/c14-13-10-4-2-1-3-9(10)5-6-12-11(13)7-8-15-12/h1-4,7-8,13H,5-6H2. The van der Waals surface area contributed by atoms with Gasteiger partial charge in [-0.25, -0.2) is 0 Å². The summed E-state index contributed by atoms with van der Waals surface area (Å²) in [6.07, 6.45) is 2.36. The highest BCUT2D eigenvalue weighted by Gasteiger charge is 2.21. The van der Waals surface area contributed by atoms with E-state index in [1.54, 1.807) is 0 Å². The van der Waals surface area contributed by atoms with Gasteiger partial charge >= 0.3 is 0 Å². The average Bonchev–Trinajstić information content (AvgIpc) is 2.69. The normalized spacial score (nSPS) is 19.1. The molecule has 0 bridgehead atoms. The molecule has 2 heteroatoms. The van der Waals surface area contributed by atoms with E-state index in [-0.39, 0.29) is 0 Å². The van der Waals surface area contributed by atoms with Crippen LogP contribution in [-0.2, 0) is 12.8 Å². The molecule has 1 heterocycles. The molecule has 76 valence electrons. The minimum absolute atomic E-state index is 0.387. The maximum absolute atomic E-state index is 3.82. The van der Waals surface area contributed by atoms with Gasteiger partial charge in [0.25, 0.3) is 0 Å². The molecule has 0 saturated heterocycles. The fourth-order valence-corrected chi connectivity index (χ4v) is 4.15. The molecule has 0 spiro atoms. The van der Waals surface area contributed by atoms with E-state index in [4.69, 9.17) is 0 Å². The number of rotatable bonds is 0. The van der Waals surface area contributed by atoms with Gasteiger partial charge < -0.3 is 0 Å². The second-order valence-electron chi connectivity index (χ2n) is 3.86. The van der Waals surface area contributed by atoms with Crippen LogP contribution in [0.5, 0.6) is 0 Å². The minimum Gasteiger partial charge on any atom is -0.149 e. The number of hydrogen-bond donors (Lipinski definition) is 0. The molecule has 1 aromatic heterocycles. The summed E-state index contributed by atoms with van der Waals surface area (Å²) in [6.45, 7) is 0. The van der Waals surface area contributed by atoms with E-state index in [0.717, 1.165) is 0 Å². The molecule has 1 atom stereocenters. The van der Waals surface area contributed by atoms with Crippen molar-refractivity contribution in [2.24, 2.45) is 0 Å². The lowest BCUT2D eigenvalue weighted by molar-refractivity contribution is 0.984. The zero-order valence-electron chi connectivity index (χ0n) is 8.24. The van der Waals surface area contributed by atoms with E-state index in [1.165, 1.54) is 34.4 Å². The first-order valence-corrected chi connectivity index (χ1v) is 6.94. The molecule has 15 heavy (non-hydrogen) atoms. The molecule has 1 unspecified atom stereocenters. The van der Waals surface area contributed by atoms with Gasteiger partial charge in [-0.05, 0) is 41.0 Å². The first kappa shape index (κ1) is 9.61. The molecular formula is C13H11BrS. The Kier molecular flexibility index (Phi) is 2.41. The lowest BCUT2D eigenvalue weighted by atomic mass is 10.0. The number of alkyl halides is 1. The van der Waals surface area contributed by atoms with Crippen LogP contribution < -0.4 is 0 Å². The van der Waals surface area contributed by atoms with Crippen molar-refractivity contribution in [3.63, 3.8) is 0 Å². The number of hydrogen-bond acceptors (Lipinski definition) is 1. The molecular weight excluding hydrogens is 268 g/mol. The SMILES string of the molecule is BrC1c2ccccc2CCc2sccc21. The molecule has 0 aliphatic heterocycles. The van der Waals surface area contributed by atoms with Crippen LogP contribution in [-0.4, -0.2) is 0 Å². The van der Waals surface area contributed by atoms with E-state index in [2.05, 4.69) is 51.6 Å². The number of thiophene rings is 1. The highest BCUT2D eigenvalue weighted by molar-refractivity contribution is 9.09. The van der Waals surface area contributed by atoms with Crippen molar-refractivity contribution in [2.45, 2.75) is 17.7 Å². The predicted molar refractivity (Wildman–Crippen MR) is 68.9 cm³/mol. The van der Waals surface area contributed by atoms with E-state index in [9.17, 15) is 0 Å². The Hall–Kier alpha value is -0.600. The summed E-state index contributed by atoms with van der Waals surface area (Å²) in [7, 11) is 0. The Labute approximate surface area is 102 Å². The van der Waals surface area contributed by atoms with Crippen LogP contribution in [0.1, 0.15) is 26.4 Å². The molecule has 0 nitrogen and oxygen atoms in total. The monoisotopic (exact) mass is 278 g/mol. The van der Waals surface area contributed by atoms with Gasteiger partial charge in [-0.2, -0.15) is 0 Å². The van der Waals surface area contributed by atoms with Crippen LogP contribution in [0.25, 0.3) is 0 Å². The van der Waals surface area contributed by atoms with E-state index in [1.807, 2.05) is 11.3 Å². The first-order valence-electron chi connectivity index (χ1n) is 5.14. The Balaban J connectivity index is 2.18. The fourth-order valence-electron chi connectivity index (χ4n) is 2.20. The molecule has 0 radical (unpaired) electrons. The summed E-state index contributed by atoms with van der Waals surface area (Å²) < 4.78 is 0. The molecule has 0 saturated carbocycles. The van der Waals surface area contributed by atoms with Crippen molar-refractivity contribution >= 4 is 27.3 Å². The molecule has 0 fully saturated rings. The third-order valence-corrected chi connectivity index (χ3v) is 4.99. The molecule has 1 aliphatic rings. The van der Waals surface area contributed by atoms with E-state index in [0.29, 0.717) is 4.83 Å². The maximum Gasteiger partial charge on any atom is 0.0658 e. The summed E-state index contributed by atoms with van der Waals surface area (Å²) in [4.78, 5) is 1.92. The summed E-state index contributed by atoms with van der Waals surface area (Å²) in [5, 5.41) is 2.20. The van der Waals surface area contributed by atoms with Gasteiger partial charge in [-0.1, -0.05) is 40.2 Å². The van der Waals surface area contributed by atoms with Crippen LogP contribution in [0.15, 0.2) is 35.7 Å². The summed E-state index contributed by atoms with van der Waals surface area (Å²) >= 11 is 5.70. The topological polar surface area (TPSA) is 0 Å². The Bertz CT molecular complexity index is 487. The minimum atomic E-state index is 0.387. The summed E-state index contributed by atoms with van der Waals surface area (Å²) in [5.74, 6) is 0. The maximum atomic E-state index is 3.82. The number of benzene rings is 1. The van der Waals surface area contributed by atoms with Gasteiger partial charge in [0.05, 0.1) is 4.83 Å². The molecule has 0 N–H and O–H groups in total. The summed E-state index contributed by atoms with van der Waals surface area (Å²) in [5.41, 5.74) is 4.39. The Morgan fingerprint density at radius 2 is 1.93 bits per heavy atom. The van der Waals surface area contributed by atoms with Crippen LogP contribution in [0, 0.1) is 0 Å². The molecule has 1 aliphatic carbocycles. The van der Waals surface area contributed by atoms with Crippen LogP contribution in [0.2, 0.25) is 0 Å². The van der Waals surface area contributed by atoms with Crippen molar-refractivity contribution in [3.05, 3.63) is 57.3 Å². The third-order valence-electron chi connectivity index (χ3n) is 3.00. The zero-order valence-corrected chi connectivity index (χ0v) is 10.6. The lowest BCUT2D eigenvalue weighted by Crippen LogP contribution is -1.93. The second-order valence-corrected chi connectivity index (χ2v) is 5.78. The average molecular weight is 279 g/mol.